The summed E-state index contributed by atoms with van der Waals surface area (Å²) >= 11 is 5.50. The highest BCUT2D eigenvalue weighted by Gasteiger charge is 2.23. The highest BCUT2D eigenvalue weighted by atomic mass is 32.1. The Balaban J connectivity index is 1.45. The zero-order valence-corrected chi connectivity index (χ0v) is 17.8. The summed E-state index contributed by atoms with van der Waals surface area (Å²) in [5.41, 5.74) is 1.96. The normalized spacial score (nSPS) is 22.4. The Morgan fingerprint density at radius 1 is 1.21 bits per heavy atom. The standard InChI is InChI=1S/C21H32N4O2S/c1-16-5-3-4-6-19(16)23-21(28)24(2)15-20(26)22-17-7-9-18(10-8-17)25-11-13-27-14-12-25/h7-10,16,19H,3-6,11-15H2,1-2H3,(H,22,26)(H,23,28)/t16-,19-/m0/s1. The highest BCUT2D eigenvalue weighted by Crippen LogP contribution is 2.24. The molecule has 0 radical (unpaired) electrons. The van der Waals surface area contributed by atoms with Gasteiger partial charge in [-0.05, 0) is 55.2 Å². The van der Waals surface area contributed by atoms with Gasteiger partial charge in [-0.3, -0.25) is 4.79 Å². The van der Waals surface area contributed by atoms with E-state index in [0.717, 1.165) is 44.1 Å². The first-order valence-electron chi connectivity index (χ1n) is 10.3. The fraction of sp³-hybridized carbons (Fsp3) is 0.619. The minimum absolute atomic E-state index is 0.0672. The number of benzene rings is 1. The second-order valence-corrected chi connectivity index (χ2v) is 8.25. The summed E-state index contributed by atoms with van der Waals surface area (Å²) in [5, 5.41) is 7.05. The van der Waals surface area contributed by atoms with Crippen molar-refractivity contribution in [1.29, 1.82) is 0 Å². The molecule has 2 aliphatic rings. The van der Waals surface area contributed by atoms with Gasteiger partial charge in [0.2, 0.25) is 5.91 Å². The molecule has 3 rings (SSSR count). The van der Waals surface area contributed by atoms with E-state index in [1.165, 1.54) is 19.3 Å². The van der Waals surface area contributed by atoms with Crippen LogP contribution in [0.1, 0.15) is 32.6 Å². The molecule has 1 heterocycles. The third-order valence-corrected chi connectivity index (χ3v) is 6.10. The molecule has 6 nitrogen and oxygen atoms in total. The van der Waals surface area contributed by atoms with E-state index < -0.39 is 0 Å². The Morgan fingerprint density at radius 2 is 1.89 bits per heavy atom. The number of carbonyl (C=O) groups excluding carboxylic acids is 1. The van der Waals surface area contributed by atoms with Crippen molar-refractivity contribution in [2.75, 3.05) is 50.1 Å². The lowest BCUT2D eigenvalue weighted by atomic mass is 9.86. The lowest BCUT2D eigenvalue weighted by Gasteiger charge is -2.32. The lowest BCUT2D eigenvalue weighted by Crippen LogP contribution is -2.48. The fourth-order valence-corrected chi connectivity index (χ4v) is 4.08. The molecule has 2 fully saturated rings. The molecule has 1 saturated carbocycles. The summed E-state index contributed by atoms with van der Waals surface area (Å²) in [7, 11) is 1.87. The number of likely N-dealkylation sites (N-methyl/N-ethyl adjacent to an activating group) is 1. The van der Waals surface area contributed by atoms with Crippen LogP contribution in [0.4, 0.5) is 11.4 Å². The van der Waals surface area contributed by atoms with Crippen LogP contribution in [0.25, 0.3) is 0 Å². The van der Waals surface area contributed by atoms with Crippen LogP contribution in [0.5, 0.6) is 0 Å². The van der Waals surface area contributed by atoms with Crippen molar-refractivity contribution in [1.82, 2.24) is 10.2 Å². The highest BCUT2D eigenvalue weighted by molar-refractivity contribution is 7.80. The maximum Gasteiger partial charge on any atom is 0.243 e. The number of morpholine rings is 1. The lowest BCUT2D eigenvalue weighted by molar-refractivity contribution is -0.116. The predicted molar refractivity (Wildman–Crippen MR) is 118 cm³/mol. The molecule has 1 aliphatic heterocycles. The summed E-state index contributed by atoms with van der Waals surface area (Å²) in [6.07, 6.45) is 4.94. The van der Waals surface area contributed by atoms with E-state index >= 15 is 0 Å². The van der Waals surface area contributed by atoms with E-state index in [-0.39, 0.29) is 12.5 Å². The van der Waals surface area contributed by atoms with Crippen LogP contribution in [-0.4, -0.2) is 61.9 Å². The van der Waals surface area contributed by atoms with Gasteiger partial charge in [-0.15, -0.1) is 0 Å². The molecule has 7 heteroatoms. The molecule has 1 aromatic carbocycles. The number of ether oxygens (including phenoxy) is 1. The molecule has 1 amide bonds. The molecule has 1 aliphatic carbocycles. The van der Waals surface area contributed by atoms with E-state index in [2.05, 4.69) is 22.5 Å². The van der Waals surface area contributed by atoms with E-state index in [9.17, 15) is 4.79 Å². The minimum Gasteiger partial charge on any atom is -0.378 e. The molecule has 28 heavy (non-hydrogen) atoms. The molecule has 1 saturated heterocycles. The van der Waals surface area contributed by atoms with Gasteiger partial charge in [0.05, 0.1) is 19.8 Å². The number of hydrogen-bond acceptors (Lipinski definition) is 4. The van der Waals surface area contributed by atoms with E-state index in [0.29, 0.717) is 17.1 Å². The Kier molecular flexibility index (Phi) is 7.50. The van der Waals surface area contributed by atoms with E-state index in [1.54, 1.807) is 0 Å². The topological polar surface area (TPSA) is 56.8 Å². The minimum atomic E-state index is -0.0672. The maximum absolute atomic E-state index is 12.4. The van der Waals surface area contributed by atoms with Gasteiger partial charge in [-0.25, -0.2) is 0 Å². The van der Waals surface area contributed by atoms with Crippen LogP contribution in [0, 0.1) is 5.92 Å². The first kappa shape index (κ1) is 20.9. The third kappa shape index (κ3) is 5.82. The first-order valence-corrected chi connectivity index (χ1v) is 10.7. The third-order valence-electron chi connectivity index (χ3n) is 5.68. The second-order valence-electron chi connectivity index (χ2n) is 7.87. The Labute approximate surface area is 173 Å². The average Bonchev–Trinajstić information content (AvgIpc) is 2.71. The van der Waals surface area contributed by atoms with Crippen molar-refractivity contribution < 1.29 is 9.53 Å². The smallest absolute Gasteiger partial charge is 0.243 e. The van der Waals surface area contributed by atoms with Crippen molar-refractivity contribution in [2.45, 2.75) is 38.6 Å². The number of nitrogens with zero attached hydrogens (tertiary/aromatic N) is 2. The quantitative estimate of drug-likeness (QED) is 0.736. The molecule has 154 valence electrons. The van der Waals surface area contributed by atoms with Crippen molar-refractivity contribution in [3.8, 4) is 0 Å². The van der Waals surface area contributed by atoms with Gasteiger partial charge in [0.25, 0.3) is 0 Å². The summed E-state index contributed by atoms with van der Waals surface area (Å²) in [6.45, 7) is 5.84. The molecular formula is C21H32N4O2S. The van der Waals surface area contributed by atoms with Crippen molar-refractivity contribution in [3.63, 3.8) is 0 Å². The molecule has 0 aromatic heterocycles. The summed E-state index contributed by atoms with van der Waals surface area (Å²) < 4.78 is 5.39. The summed E-state index contributed by atoms with van der Waals surface area (Å²) in [4.78, 5) is 16.5. The first-order chi connectivity index (χ1) is 13.5. The van der Waals surface area contributed by atoms with E-state index in [1.807, 2.05) is 36.2 Å². The molecular weight excluding hydrogens is 372 g/mol. The number of nitrogens with one attached hydrogen (secondary N) is 2. The number of anilines is 2. The Morgan fingerprint density at radius 3 is 2.57 bits per heavy atom. The fourth-order valence-electron chi connectivity index (χ4n) is 3.86. The number of hydrogen-bond donors (Lipinski definition) is 2. The van der Waals surface area contributed by atoms with Crippen LogP contribution in [0.15, 0.2) is 24.3 Å². The number of rotatable bonds is 5. The summed E-state index contributed by atoms with van der Waals surface area (Å²) in [5.74, 6) is 0.557. The number of amides is 1. The molecule has 0 spiro atoms. The van der Waals surface area contributed by atoms with Gasteiger partial charge in [0.1, 0.15) is 0 Å². The Hall–Kier alpha value is -1.86. The largest absolute Gasteiger partial charge is 0.378 e. The molecule has 0 unspecified atom stereocenters. The molecule has 1 aromatic rings. The van der Waals surface area contributed by atoms with Gasteiger partial charge in [-0.2, -0.15) is 0 Å². The average molecular weight is 405 g/mol. The SMILES string of the molecule is C[C@H]1CCCC[C@@H]1NC(=S)N(C)CC(=O)Nc1ccc(N2CCOCC2)cc1. The number of carbonyl (C=O) groups is 1. The van der Waals surface area contributed by atoms with Crippen molar-refractivity contribution in [3.05, 3.63) is 24.3 Å². The van der Waals surface area contributed by atoms with Crippen LogP contribution < -0.4 is 15.5 Å². The van der Waals surface area contributed by atoms with E-state index in [4.69, 9.17) is 17.0 Å². The monoisotopic (exact) mass is 404 g/mol. The van der Waals surface area contributed by atoms with Gasteiger partial charge in [0.15, 0.2) is 5.11 Å². The Bertz CT molecular complexity index is 661. The van der Waals surface area contributed by atoms with Crippen molar-refractivity contribution in [2.24, 2.45) is 5.92 Å². The van der Waals surface area contributed by atoms with Crippen LogP contribution in [-0.2, 0) is 9.53 Å². The zero-order chi connectivity index (χ0) is 19.9. The molecule has 2 N–H and O–H groups in total. The van der Waals surface area contributed by atoms with Gasteiger partial charge in [0, 0.05) is 37.6 Å². The summed E-state index contributed by atoms with van der Waals surface area (Å²) in [6, 6.07) is 8.40. The van der Waals surface area contributed by atoms with Crippen LogP contribution >= 0.6 is 12.2 Å². The second kappa shape index (κ2) is 10.1. The molecule has 0 bridgehead atoms. The zero-order valence-electron chi connectivity index (χ0n) is 16.9. The van der Waals surface area contributed by atoms with Crippen LogP contribution in [0.2, 0.25) is 0 Å². The molecule has 2 atom stereocenters. The van der Waals surface area contributed by atoms with Crippen molar-refractivity contribution >= 4 is 34.6 Å². The van der Waals surface area contributed by atoms with Crippen LogP contribution in [0.3, 0.4) is 0 Å². The maximum atomic E-state index is 12.4. The van der Waals surface area contributed by atoms with Gasteiger partial charge >= 0.3 is 0 Å². The predicted octanol–water partition coefficient (Wildman–Crippen LogP) is 2.85. The van der Waals surface area contributed by atoms with Gasteiger partial charge in [-0.1, -0.05) is 19.8 Å². The van der Waals surface area contributed by atoms with Gasteiger partial charge < -0.3 is 25.2 Å². The number of thiocarbonyl (C=S) groups is 1.